The van der Waals surface area contributed by atoms with Crippen LogP contribution in [0, 0.1) is 0 Å². The summed E-state index contributed by atoms with van der Waals surface area (Å²) >= 11 is 0. The first-order valence-corrected chi connectivity index (χ1v) is 4.79. The van der Waals surface area contributed by atoms with Crippen LogP contribution in [0.15, 0.2) is 12.3 Å². The molecule has 0 aliphatic heterocycles. The lowest BCUT2D eigenvalue weighted by Crippen LogP contribution is -2.11. The third-order valence-electron chi connectivity index (χ3n) is 1.83. The Morgan fingerprint density at radius 1 is 1.47 bits per heavy atom. The van der Waals surface area contributed by atoms with Crippen LogP contribution in [0.5, 0.6) is 0 Å². The smallest absolute Gasteiger partial charge is 0.221 e. The lowest BCUT2D eigenvalue weighted by atomic mass is 10.2. The number of nitrogens with one attached hydrogen (secondary N) is 1. The highest BCUT2D eigenvalue weighted by Gasteiger charge is 1.96. The number of aromatic nitrogens is 2. The zero-order chi connectivity index (χ0) is 11.1. The van der Waals surface area contributed by atoms with E-state index >= 15 is 0 Å². The molecule has 82 valence electrons. The van der Waals surface area contributed by atoms with E-state index < -0.39 is 0 Å². The van der Waals surface area contributed by atoms with Crippen molar-refractivity contribution in [3.8, 4) is 0 Å². The minimum atomic E-state index is -0.263. The molecule has 6 nitrogen and oxygen atoms in total. The first-order chi connectivity index (χ1) is 7.18. The second-order valence-electron chi connectivity index (χ2n) is 3.15. The van der Waals surface area contributed by atoms with Crippen LogP contribution in [0.3, 0.4) is 0 Å². The Kier molecular flexibility index (Phi) is 4.33. The predicted octanol–water partition coefficient (Wildman–Crippen LogP) is 0.126. The van der Waals surface area contributed by atoms with Gasteiger partial charge in [0.15, 0.2) is 0 Å². The molecule has 1 aromatic heterocycles. The van der Waals surface area contributed by atoms with Crippen LogP contribution in [-0.2, 0) is 4.79 Å². The second kappa shape index (κ2) is 5.79. The number of unbranched alkanes of at least 4 members (excludes halogenated alkanes) is 1. The molecule has 1 aromatic rings. The van der Waals surface area contributed by atoms with Crippen LogP contribution in [0.25, 0.3) is 0 Å². The SMILES string of the molecule is NC(=O)CCCCNc1ccnc(N)n1. The van der Waals surface area contributed by atoms with Crippen molar-refractivity contribution in [3.05, 3.63) is 12.3 Å². The molecule has 1 amide bonds. The van der Waals surface area contributed by atoms with Crippen molar-refractivity contribution in [2.24, 2.45) is 5.73 Å². The molecule has 0 aliphatic carbocycles. The summed E-state index contributed by atoms with van der Waals surface area (Å²) in [7, 11) is 0. The van der Waals surface area contributed by atoms with Crippen LogP contribution in [0.4, 0.5) is 11.8 Å². The number of nitrogens with zero attached hydrogens (tertiary/aromatic N) is 2. The van der Waals surface area contributed by atoms with Crippen molar-refractivity contribution < 1.29 is 4.79 Å². The van der Waals surface area contributed by atoms with Crippen LogP contribution >= 0.6 is 0 Å². The molecule has 1 rings (SSSR count). The molecule has 0 radical (unpaired) electrons. The molecule has 0 saturated carbocycles. The van der Waals surface area contributed by atoms with E-state index in [0.717, 1.165) is 19.4 Å². The Balaban J connectivity index is 2.17. The van der Waals surface area contributed by atoms with Crippen molar-refractivity contribution >= 4 is 17.7 Å². The van der Waals surface area contributed by atoms with E-state index in [1.807, 2.05) is 0 Å². The number of carbonyl (C=O) groups is 1. The van der Waals surface area contributed by atoms with Gasteiger partial charge in [-0.3, -0.25) is 4.79 Å². The number of hydrogen-bond acceptors (Lipinski definition) is 5. The number of nitrogen functional groups attached to an aromatic ring is 1. The van der Waals surface area contributed by atoms with E-state index in [4.69, 9.17) is 11.5 Å². The van der Waals surface area contributed by atoms with E-state index in [-0.39, 0.29) is 11.9 Å². The Morgan fingerprint density at radius 2 is 2.27 bits per heavy atom. The summed E-state index contributed by atoms with van der Waals surface area (Å²) < 4.78 is 0. The zero-order valence-corrected chi connectivity index (χ0v) is 8.44. The highest BCUT2D eigenvalue weighted by atomic mass is 16.1. The lowest BCUT2D eigenvalue weighted by molar-refractivity contribution is -0.118. The summed E-state index contributed by atoms with van der Waals surface area (Å²) in [6, 6.07) is 1.74. The largest absolute Gasteiger partial charge is 0.370 e. The van der Waals surface area contributed by atoms with E-state index in [2.05, 4.69) is 15.3 Å². The standard InChI is InChI=1S/C9H15N5O/c10-7(15)3-1-2-5-12-8-4-6-13-9(11)14-8/h4,6H,1-3,5H2,(H2,10,15)(H3,11,12,13,14). The van der Waals surface area contributed by atoms with Gasteiger partial charge in [0.25, 0.3) is 0 Å². The van der Waals surface area contributed by atoms with Gasteiger partial charge in [-0.25, -0.2) is 4.98 Å². The highest BCUT2D eigenvalue weighted by molar-refractivity contribution is 5.73. The van der Waals surface area contributed by atoms with Gasteiger partial charge in [-0.15, -0.1) is 0 Å². The van der Waals surface area contributed by atoms with Crippen LogP contribution in [0.2, 0.25) is 0 Å². The second-order valence-corrected chi connectivity index (χ2v) is 3.15. The quantitative estimate of drug-likeness (QED) is 0.577. The van der Waals surface area contributed by atoms with Crippen molar-refractivity contribution in [1.29, 1.82) is 0 Å². The van der Waals surface area contributed by atoms with E-state index in [9.17, 15) is 4.79 Å². The summed E-state index contributed by atoms with van der Waals surface area (Å²) in [5.74, 6) is 0.681. The molecule has 0 bridgehead atoms. The number of anilines is 2. The van der Waals surface area contributed by atoms with Gasteiger partial charge >= 0.3 is 0 Å². The first kappa shape index (κ1) is 11.2. The molecule has 0 fully saturated rings. The fraction of sp³-hybridized carbons (Fsp3) is 0.444. The number of rotatable bonds is 6. The fourth-order valence-corrected chi connectivity index (χ4v) is 1.11. The molecule has 0 atom stereocenters. The van der Waals surface area contributed by atoms with E-state index in [0.29, 0.717) is 12.2 Å². The number of nitrogens with two attached hydrogens (primary N) is 2. The van der Waals surface area contributed by atoms with E-state index in [1.165, 1.54) is 0 Å². The summed E-state index contributed by atoms with van der Waals surface area (Å²) in [5.41, 5.74) is 10.4. The molecular formula is C9H15N5O. The highest BCUT2D eigenvalue weighted by Crippen LogP contribution is 2.03. The average Bonchev–Trinajstić information content (AvgIpc) is 2.17. The van der Waals surface area contributed by atoms with Gasteiger partial charge in [0.1, 0.15) is 5.82 Å². The molecule has 0 unspecified atom stereocenters. The maximum Gasteiger partial charge on any atom is 0.221 e. The molecule has 0 saturated heterocycles. The maximum atomic E-state index is 10.4. The van der Waals surface area contributed by atoms with Gasteiger partial charge in [-0.1, -0.05) is 0 Å². The number of carbonyl (C=O) groups excluding carboxylic acids is 1. The van der Waals surface area contributed by atoms with Crippen molar-refractivity contribution in [3.63, 3.8) is 0 Å². The van der Waals surface area contributed by atoms with Crippen LogP contribution in [-0.4, -0.2) is 22.4 Å². The molecule has 5 N–H and O–H groups in total. The molecule has 15 heavy (non-hydrogen) atoms. The Labute approximate surface area is 88.1 Å². The Bertz CT molecular complexity index is 328. The minimum Gasteiger partial charge on any atom is -0.370 e. The normalized spacial score (nSPS) is 9.87. The third kappa shape index (κ3) is 4.80. The maximum absolute atomic E-state index is 10.4. The fourth-order valence-electron chi connectivity index (χ4n) is 1.11. The van der Waals surface area contributed by atoms with Crippen molar-refractivity contribution in [2.75, 3.05) is 17.6 Å². The molecule has 6 heteroatoms. The van der Waals surface area contributed by atoms with E-state index in [1.54, 1.807) is 12.3 Å². The summed E-state index contributed by atoms with van der Waals surface area (Å²) in [6.45, 7) is 0.740. The van der Waals surface area contributed by atoms with Gasteiger partial charge in [0.05, 0.1) is 0 Å². The molecular weight excluding hydrogens is 194 g/mol. The van der Waals surface area contributed by atoms with Gasteiger partial charge in [-0.2, -0.15) is 4.98 Å². The molecule has 1 heterocycles. The third-order valence-corrected chi connectivity index (χ3v) is 1.83. The lowest BCUT2D eigenvalue weighted by Gasteiger charge is -2.04. The molecule has 0 spiro atoms. The number of primary amides is 1. The monoisotopic (exact) mass is 209 g/mol. The Morgan fingerprint density at radius 3 is 2.93 bits per heavy atom. The minimum absolute atomic E-state index is 0.247. The summed E-state index contributed by atoms with van der Waals surface area (Å²) in [5, 5.41) is 3.08. The molecule has 0 aliphatic rings. The van der Waals surface area contributed by atoms with Crippen LogP contribution in [0.1, 0.15) is 19.3 Å². The predicted molar refractivity (Wildman–Crippen MR) is 58.0 cm³/mol. The van der Waals surface area contributed by atoms with Crippen molar-refractivity contribution in [2.45, 2.75) is 19.3 Å². The molecule has 0 aromatic carbocycles. The number of amides is 1. The topological polar surface area (TPSA) is 107 Å². The zero-order valence-electron chi connectivity index (χ0n) is 8.44. The number of hydrogen-bond donors (Lipinski definition) is 3. The van der Waals surface area contributed by atoms with Gasteiger partial charge in [-0.05, 0) is 18.9 Å². The first-order valence-electron chi connectivity index (χ1n) is 4.79. The van der Waals surface area contributed by atoms with Crippen molar-refractivity contribution in [1.82, 2.24) is 9.97 Å². The Hall–Kier alpha value is -1.85. The summed E-state index contributed by atoms with van der Waals surface area (Å²) in [4.78, 5) is 18.2. The van der Waals surface area contributed by atoms with Gasteiger partial charge in [0.2, 0.25) is 11.9 Å². The van der Waals surface area contributed by atoms with Gasteiger partial charge in [0, 0.05) is 19.2 Å². The van der Waals surface area contributed by atoms with Crippen LogP contribution < -0.4 is 16.8 Å². The summed E-state index contributed by atoms with van der Waals surface area (Å²) in [6.07, 6.45) is 3.66. The average molecular weight is 209 g/mol. The van der Waals surface area contributed by atoms with Gasteiger partial charge < -0.3 is 16.8 Å².